The third-order valence-corrected chi connectivity index (χ3v) is 6.77. The second-order valence-electron chi connectivity index (χ2n) is 7.81. The first-order chi connectivity index (χ1) is 17.0. The van der Waals surface area contributed by atoms with Gasteiger partial charge in [-0.3, -0.25) is 14.4 Å². The lowest BCUT2D eigenvalue weighted by atomic mass is 10.0. The molecule has 9 heteroatoms. The van der Waals surface area contributed by atoms with Crippen molar-refractivity contribution in [2.75, 3.05) is 21.7 Å². The quantitative estimate of drug-likeness (QED) is 0.287. The van der Waals surface area contributed by atoms with Gasteiger partial charge in [-0.25, -0.2) is 4.98 Å². The SMILES string of the molecule is CC(=O)Nc1ccc(NC(=O)CSCc2csc(NC(=O)Cc3cccc4ccccc34)n2)cc1. The number of carbonyl (C=O) groups is 3. The van der Waals surface area contributed by atoms with E-state index in [-0.39, 0.29) is 29.9 Å². The fourth-order valence-electron chi connectivity index (χ4n) is 3.50. The maximum atomic E-state index is 12.6. The van der Waals surface area contributed by atoms with Crippen LogP contribution in [0.2, 0.25) is 0 Å². The standard InChI is InChI=1S/C26H24N4O3S2/c1-17(31)27-20-9-11-21(12-10-20)28-25(33)16-34-14-22-15-35-26(29-22)30-24(32)13-19-7-4-6-18-5-2-3-8-23(18)19/h2-12,15H,13-14,16H2,1H3,(H,27,31)(H,28,33)(H,29,30,32). The molecule has 0 unspecified atom stereocenters. The number of carbonyl (C=O) groups excluding carboxylic acids is 3. The number of anilines is 3. The number of nitrogens with zero attached hydrogens (tertiary/aromatic N) is 1. The Labute approximate surface area is 211 Å². The minimum Gasteiger partial charge on any atom is -0.326 e. The van der Waals surface area contributed by atoms with Crippen molar-refractivity contribution in [1.29, 1.82) is 0 Å². The molecule has 0 fully saturated rings. The van der Waals surface area contributed by atoms with E-state index in [1.807, 2.05) is 47.8 Å². The molecular formula is C26H24N4O3S2. The molecule has 3 amide bonds. The summed E-state index contributed by atoms with van der Waals surface area (Å²) in [5.41, 5.74) is 3.12. The van der Waals surface area contributed by atoms with Crippen LogP contribution in [0.5, 0.6) is 0 Å². The number of thiazole rings is 1. The molecule has 0 bridgehead atoms. The second-order valence-corrected chi connectivity index (χ2v) is 9.65. The van der Waals surface area contributed by atoms with Crippen LogP contribution in [0.25, 0.3) is 10.8 Å². The number of hydrogen-bond donors (Lipinski definition) is 3. The van der Waals surface area contributed by atoms with E-state index in [1.54, 1.807) is 24.3 Å². The van der Waals surface area contributed by atoms with Gasteiger partial charge in [0.05, 0.1) is 17.9 Å². The van der Waals surface area contributed by atoms with Crippen LogP contribution < -0.4 is 16.0 Å². The smallest absolute Gasteiger partial charge is 0.234 e. The Kier molecular flexibility index (Phi) is 8.12. The van der Waals surface area contributed by atoms with Crippen molar-refractivity contribution in [1.82, 2.24) is 4.98 Å². The summed E-state index contributed by atoms with van der Waals surface area (Å²) in [4.78, 5) is 40.3. The fourth-order valence-corrected chi connectivity index (χ4v) is 5.05. The third-order valence-electron chi connectivity index (χ3n) is 5.00. The van der Waals surface area contributed by atoms with E-state index in [2.05, 4.69) is 20.9 Å². The zero-order chi connectivity index (χ0) is 24.6. The van der Waals surface area contributed by atoms with Crippen molar-refractivity contribution < 1.29 is 14.4 Å². The van der Waals surface area contributed by atoms with Crippen molar-refractivity contribution in [3.63, 3.8) is 0 Å². The predicted molar refractivity (Wildman–Crippen MR) is 144 cm³/mol. The zero-order valence-corrected chi connectivity index (χ0v) is 20.7. The van der Waals surface area contributed by atoms with Crippen LogP contribution in [0.3, 0.4) is 0 Å². The molecule has 0 aliphatic heterocycles. The number of nitrogens with one attached hydrogen (secondary N) is 3. The first kappa shape index (κ1) is 24.4. The highest BCUT2D eigenvalue weighted by Crippen LogP contribution is 2.22. The molecule has 0 saturated carbocycles. The third kappa shape index (κ3) is 7.14. The largest absolute Gasteiger partial charge is 0.326 e. The summed E-state index contributed by atoms with van der Waals surface area (Å²) in [5.74, 6) is 0.450. The van der Waals surface area contributed by atoms with Gasteiger partial charge in [-0.05, 0) is 40.6 Å². The topological polar surface area (TPSA) is 100 Å². The molecule has 0 saturated heterocycles. The van der Waals surface area contributed by atoms with Crippen LogP contribution >= 0.6 is 23.1 Å². The molecule has 1 heterocycles. The molecule has 4 rings (SSSR count). The van der Waals surface area contributed by atoms with Gasteiger partial charge in [-0.2, -0.15) is 0 Å². The van der Waals surface area contributed by atoms with E-state index >= 15 is 0 Å². The molecule has 0 atom stereocenters. The monoisotopic (exact) mass is 504 g/mol. The van der Waals surface area contributed by atoms with Gasteiger partial charge in [0.2, 0.25) is 17.7 Å². The van der Waals surface area contributed by atoms with Gasteiger partial charge in [0.15, 0.2) is 5.13 Å². The molecule has 0 aliphatic carbocycles. The van der Waals surface area contributed by atoms with E-state index < -0.39 is 0 Å². The number of hydrogen-bond acceptors (Lipinski definition) is 6. The maximum absolute atomic E-state index is 12.6. The summed E-state index contributed by atoms with van der Waals surface area (Å²) in [6, 6.07) is 20.9. The molecule has 35 heavy (non-hydrogen) atoms. The van der Waals surface area contributed by atoms with Gasteiger partial charge in [0, 0.05) is 29.4 Å². The zero-order valence-electron chi connectivity index (χ0n) is 19.0. The summed E-state index contributed by atoms with van der Waals surface area (Å²) in [6.45, 7) is 1.44. The van der Waals surface area contributed by atoms with Crippen LogP contribution in [-0.2, 0) is 26.6 Å². The Morgan fingerprint density at radius 1 is 0.857 bits per heavy atom. The van der Waals surface area contributed by atoms with Crippen LogP contribution in [0.1, 0.15) is 18.2 Å². The van der Waals surface area contributed by atoms with E-state index in [1.165, 1.54) is 30.0 Å². The van der Waals surface area contributed by atoms with Gasteiger partial charge >= 0.3 is 0 Å². The Morgan fingerprint density at radius 3 is 2.34 bits per heavy atom. The average molecular weight is 505 g/mol. The minimum absolute atomic E-state index is 0.112. The van der Waals surface area contributed by atoms with Gasteiger partial charge in [0.25, 0.3) is 0 Å². The molecule has 0 radical (unpaired) electrons. The maximum Gasteiger partial charge on any atom is 0.234 e. The number of thioether (sulfide) groups is 1. The van der Waals surface area contributed by atoms with Gasteiger partial charge in [-0.15, -0.1) is 23.1 Å². The molecule has 178 valence electrons. The van der Waals surface area contributed by atoms with E-state index in [0.29, 0.717) is 22.3 Å². The fraction of sp³-hybridized carbons (Fsp3) is 0.154. The normalized spacial score (nSPS) is 10.7. The van der Waals surface area contributed by atoms with Crippen molar-refractivity contribution in [2.45, 2.75) is 19.1 Å². The highest BCUT2D eigenvalue weighted by Gasteiger charge is 2.11. The number of aromatic nitrogens is 1. The Morgan fingerprint density at radius 2 is 1.57 bits per heavy atom. The van der Waals surface area contributed by atoms with Gasteiger partial charge in [-0.1, -0.05) is 42.5 Å². The lowest BCUT2D eigenvalue weighted by molar-refractivity contribution is -0.116. The number of fused-ring (bicyclic) bond motifs is 1. The Hall–Kier alpha value is -3.69. The van der Waals surface area contributed by atoms with Crippen LogP contribution in [0.15, 0.2) is 72.1 Å². The molecular weight excluding hydrogens is 480 g/mol. The molecule has 0 spiro atoms. The summed E-state index contributed by atoms with van der Waals surface area (Å²) in [7, 11) is 0. The Bertz CT molecular complexity index is 1350. The van der Waals surface area contributed by atoms with Crippen molar-refractivity contribution in [3.05, 3.63) is 83.4 Å². The molecule has 0 aliphatic rings. The van der Waals surface area contributed by atoms with Gasteiger partial charge < -0.3 is 16.0 Å². The van der Waals surface area contributed by atoms with Crippen molar-refractivity contribution in [3.8, 4) is 0 Å². The highest BCUT2D eigenvalue weighted by molar-refractivity contribution is 7.99. The van der Waals surface area contributed by atoms with Gasteiger partial charge in [0.1, 0.15) is 0 Å². The average Bonchev–Trinajstić information content (AvgIpc) is 3.27. The summed E-state index contributed by atoms with van der Waals surface area (Å²) < 4.78 is 0. The van der Waals surface area contributed by atoms with Crippen molar-refractivity contribution >= 4 is 68.1 Å². The lowest BCUT2D eigenvalue weighted by Gasteiger charge is -2.07. The molecule has 3 aromatic carbocycles. The number of rotatable bonds is 9. The van der Waals surface area contributed by atoms with E-state index in [4.69, 9.17) is 0 Å². The minimum atomic E-state index is -0.146. The first-order valence-corrected chi connectivity index (χ1v) is 13.0. The van der Waals surface area contributed by atoms with Crippen molar-refractivity contribution in [2.24, 2.45) is 0 Å². The summed E-state index contributed by atoms with van der Waals surface area (Å²) >= 11 is 2.82. The Balaban J connectivity index is 1.22. The molecule has 7 nitrogen and oxygen atoms in total. The summed E-state index contributed by atoms with van der Waals surface area (Å²) in [5, 5.41) is 13.0. The second kappa shape index (κ2) is 11.6. The predicted octanol–water partition coefficient (Wildman–Crippen LogP) is 5.31. The summed E-state index contributed by atoms with van der Waals surface area (Å²) in [6.07, 6.45) is 0.275. The number of amides is 3. The molecule has 3 N–H and O–H groups in total. The van der Waals surface area contributed by atoms with Crippen LogP contribution in [0, 0.1) is 0 Å². The highest BCUT2D eigenvalue weighted by atomic mass is 32.2. The first-order valence-electron chi connectivity index (χ1n) is 10.9. The molecule has 1 aromatic heterocycles. The lowest BCUT2D eigenvalue weighted by Crippen LogP contribution is -2.15. The molecule has 4 aromatic rings. The number of benzene rings is 3. The van der Waals surface area contributed by atoms with E-state index in [9.17, 15) is 14.4 Å². The van der Waals surface area contributed by atoms with E-state index in [0.717, 1.165) is 22.0 Å². The van der Waals surface area contributed by atoms with Crippen LogP contribution in [0.4, 0.5) is 16.5 Å². The van der Waals surface area contributed by atoms with Crippen LogP contribution in [-0.4, -0.2) is 28.5 Å².